The van der Waals surface area contributed by atoms with Gasteiger partial charge in [-0.25, -0.2) is 4.39 Å². The molecular weight excluding hydrogens is 379 g/mol. The van der Waals surface area contributed by atoms with Crippen molar-refractivity contribution < 1.29 is 9.13 Å². The molecule has 0 spiro atoms. The van der Waals surface area contributed by atoms with Crippen molar-refractivity contribution in [3.05, 3.63) is 56.4 Å². The van der Waals surface area contributed by atoms with E-state index >= 15 is 0 Å². The molecule has 23 heavy (non-hydrogen) atoms. The van der Waals surface area contributed by atoms with Crippen LogP contribution in [0.15, 0.2) is 40.2 Å². The zero-order valence-electron chi connectivity index (χ0n) is 12.8. The third-order valence-corrected chi connectivity index (χ3v) is 5.70. The summed E-state index contributed by atoms with van der Waals surface area (Å²) < 4.78 is 19.8. The van der Waals surface area contributed by atoms with Gasteiger partial charge in [0.15, 0.2) is 0 Å². The molecule has 0 amide bonds. The van der Waals surface area contributed by atoms with Crippen LogP contribution in [0.5, 0.6) is 0 Å². The number of hydrogen-bond acceptors (Lipinski definition) is 4. The van der Waals surface area contributed by atoms with E-state index in [0.717, 1.165) is 49.4 Å². The van der Waals surface area contributed by atoms with E-state index in [2.05, 4.69) is 37.6 Å². The van der Waals surface area contributed by atoms with Crippen molar-refractivity contribution in [2.24, 2.45) is 0 Å². The highest BCUT2D eigenvalue weighted by molar-refractivity contribution is 9.10. The first kappa shape index (κ1) is 17.0. The predicted molar refractivity (Wildman–Crippen MR) is 95.3 cm³/mol. The highest BCUT2D eigenvalue weighted by Gasteiger charge is 2.22. The van der Waals surface area contributed by atoms with Gasteiger partial charge in [0.1, 0.15) is 5.82 Å². The molecule has 1 saturated heterocycles. The molecule has 0 radical (unpaired) electrons. The molecule has 124 valence electrons. The first-order valence-electron chi connectivity index (χ1n) is 7.73. The molecule has 0 saturated carbocycles. The standard InChI is InChI=1S/C17H20BrFN2OS/c18-14-9-16(23-12-14)10-20-11-17(21-5-7-22-8-6-21)13-1-3-15(19)4-2-13/h1-4,9,12,17,20H,5-8,10-11H2. The number of thiophene rings is 1. The van der Waals surface area contributed by atoms with Crippen molar-refractivity contribution >= 4 is 27.3 Å². The van der Waals surface area contributed by atoms with Crippen LogP contribution < -0.4 is 5.32 Å². The van der Waals surface area contributed by atoms with Crippen LogP contribution in [0.3, 0.4) is 0 Å². The van der Waals surface area contributed by atoms with Gasteiger partial charge >= 0.3 is 0 Å². The second-order valence-corrected chi connectivity index (χ2v) is 7.49. The number of nitrogens with one attached hydrogen (secondary N) is 1. The van der Waals surface area contributed by atoms with Gasteiger partial charge in [-0.2, -0.15) is 0 Å². The van der Waals surface area contributed by atoms with Crippen LogP contribution >= 0.6 is 27.3 Å². The fourth-order valence-electron chi connectivity index (χ4n) is 2.81. The Morgan fingerprint density at radius 3 is 2.65 bits per heavy atom. The Balaban J connectivity index is 1.65. The first-order chi connectivity index (χ1) is 11.2. The summed E-state index contributed by atoms with van der Waals surface area (Å²) in [7, 11) is 0. The molecule has 0 bridgehead atoms. The number of halogens is 2. The molecule has 1 aromatic carbocycles. The molecule has 2 heterocycles. The van der Waals surface area contributed by atoms with Gasteiger partial charge in [0, 0.05) is 47.0 Å². The summed E-state index contributed by atoms with van der Waals surface area (Å²) in [6.45, 7) is 5.02. The molecule has 1 atom stereocenters. The Labute approximate surface area is 148 Å². The van der Waals surface area contributed by atoms with Crippen molar-refractivity contribution in [1.82, 2.24) is 10.2 Å². The summed E-state index contributed by atoms with van der Waals surface area (Å²) in [5.74, 6) is -0.189. The molecule has 3 rings (SSSR count). The fraction of sp³-hybridized carbons (Fsp3) is 0.412. The van der Waals surface area contributed by atoms with Gasteiger partial charge in [0.05, 0.1) is 13.2 Å². The van der Waals surface area contributed by atoms with Crippen molar-refractivity contribution in [2.75, 3.05) is 32.8 Å². The van der Waals surface area contributed by atoms with Gasteiger partial charge in [-0.15, -0.1) is 11.3 Å². The third-order valence-electron chi connectivity index (χ3n) is 4.00. The average Bonchev–Trinajstić information content (AvgIpc) is 2.99. The van der Waals surface area contributed by atoms with E-state index in [1.165, 1.54) is 4.88 Å². The van der Waals surface area contributed by atoms with E-state index in [1.807, 2.05) is 12.1 Å². The Morgan fingerprint density at radius 1 is 1.26 bits per heavy atom. The van der Waals surface area contributed by atoms with E-state index in [1.54, 1.807) is 23.5 Å². The van der Waals surface area contributed by atoms with Crippen molar-refractivity contribution in [2.45, 2.75) is 12.6 Å². The van der Waals surface area contributed by atoms with Crippen LogP contribution in [0.25, 0.3) is 0 Å². The molecule has 0 aliphatic carbocycles. The van der Waals surface area contributed by atoms with Crippen LogP contribution in [0.4, 0.5) is 4.39 Å². The van der Waals surface area contributed by atoms with Crippen LogP contribution in [-0.4, -0.2) is 37.7 Å². The number of rotatable bonds is 6. The fourth-order valence-corrected chi connectivity index (χ4v) is 4.23. The Bertz CT molecular complexity index is 613. The van der Waals surface area contributed by atoms with Crippen LogP contribution in [0, 0.1) is 5.82 Å². The maximum Gasteiger partial charge on any atom is 0.123 e. The molecule has 1 fully saturated rings. The minimum absolute atomic E-state index is 0.189. The van der Waals surface area contributed by atoms with Crippen molar-refractivity contribution in [3.63, 3.8) is 0 Å². The van der Waals surface area contributed by atoms with E-state index < -0.39 is 0 Å². The van der Waals surface area contributed by atoms with Gasteiger partial charge in [-0.1, -0.05) is 12.1 Å². The molecule has 1 aromatic heterocycles. The maximum atomic E-state index is 13.2. The molecule has 6 heteroatoms. The molecule has 1 aliphatic rings. The maximum absolute atomic E-state index is 13.2. The van der Waals surface area contributed by atoms with Gasteiger partial charge in [0.2, 0.25) is 0 Å². The Kier molecular flexibility index (Phi) is 6.19. The number of ether oxygens (including phenoxy) is 1. The topological polar surface area (TPSA) is 24.5 Å². The summed E-state index contributed by atoms with van der Waals surface area (Å²) in [6, 6.07) is 9.23. The third kappa shape index (κ3) is 4.84. The normalized spacial score (nSPS) is 17.3. The van der Waals surface area contributed by atoms with Crippen LogP contribution in [0.1, 0.15) is 16.5 Å². The van der Waals surface area contributed by atoms with Crippen molar-refractivity contribution in [1.29, 1.82) is 0 Å². The lowest BCUT2D eigenvalue weighted by molar-refractivity contribution is 0.0161. The zero-order chi connectivity index (χ0) is 16.1. The Morgan fingerprint density at radius 2 is 2.00 bits per heavy atom. The Hall–Kier alpha value is -0.790. The van der Waals surface area contributed by atoms with Gasteiger partial charge in [-0.3, -0.25) is 4.90 Å². The number of hydrogen-bond donors (Lipinski definition) is 1. The van der Waals surface area contributed by atoms with Crippen molar-refractivity contribution in [3.8, 4) is 0 Å². The highest BCUT2D eigenvalue weighted by Crippen LogP contribution is 2.23. The lowest BCUT2D eigenvalue weighted by Gasteiger charge is -2.35. The van der Waals surface area contributed by atoms with Gasteiger partial charge in [-0.05, 0) is 39.7 Å². The number of morpholine rings is 1. The van der Waals surface area contributed by atoms with Gasteiger partial charge < -0.3 is 10.1 Å². The lowest BCUT2D eigenvalue weighted by atomic mass is 10.0. The summed E-state index contributed by atoms with van der Waals surface area (Å²) >= 11 is 5.23. The van der Waals surface area contributed by atoms with E-state index in [4.69, 9.17) is 4.74 Å². The van der Waals surface area contributed by atoms with Gasteiger partial charge in [0.25, 0.3) is 0 Å². The second kappa shape index (κ2) is 8.35. The molecule has 1 N–H and O–H groups in total. The van der Waals surface area contributed by atoms with Crippen LogP contribution in [-0.2, 0) is 11.3 Å². The molecule has 1 aliphatic heterocycles. The lowest BCUT2D eigenvalue weighted by Crippen LogP contribution is -2.42. The molecule has 2 aromatic rings. The summed E-state index contributed by atoms with van der Waals surface area (Å²) in [5, 5.41) is 5.63. The summed E-state index contributed by atoms with van der Waals surface area (Å²) in [4.78, 5) is 3.71. The highest BCUT2D eigenvalue weighted by atomic mass is 79.9. The van der Waals surface area contributed by atoms with Crippen LogP contribution in [0.2, 0.25) is 0 Å². The minimum atomic E-state index is -0.189. The summed E-state index contributed by atoms with van der Waals surface area (Å²) in [5.41, 5.74) is 1.15. The number of nitrogens with zero attached hydrogens (tertiary/aromatic N) is 1. The molecule has 1 unspecified atom stereocenters. The van der Waals surface area contributed by atoms with E-state index in [-0.39, 0.29) is 11.9 Å². The largest absolute Gasteiger partial charge is 0.379 e. The number of benzene rings is 1. The minimum Gasteiger partial charge on any atom is -0.379 e. The molecule has 3 nitrogen and oxygen atoms in total. The van der Waals surface area contributed by atoms with E-state index in [0.29, 0.717) is 0 Å². The first-order valence-corrected chi connectivity index (χ1v) is 9.40. The summed E-state index contributed by atoms with van der Waals surface area (Å²) in [6.07, 6.45) is 0. The predicted octanol–water partition coefficient (Wildman–Crippen LogP) is 3.81. The average molecular weight is 399 g/mol. The van der Waals surface area contributed by atoms with E-state index in [9.17, 15) is 4.39 Å². The zero-order valence-corrected chi connectivity index (χ0v) is 15.2. The quantitative estimate of drug-likeness (QED) is 0.800. The molecular formula is C17H20BrFN2OS. The SMILES string of the molecule is Fc1ccc(C(CNCc2cc(Br)cs2)N2CCOCC2)cc1. The smallest absolute Gasteiger partial charge is 0.123 e. The second-order valence-electron chi connectivity index (χ2n) is 5.58. The monoisotopic (exact) mass is 398 g/mol.